The molecule has 9 heteroatoms. The van der Waals surface area contributed by atoms with Gasteiger partial charge in [0.15, 0.2) is 0 Å². The molecular formula is C17H22ClN5O2S. The van der Waals surface area contributed by atoms with Crippen LogP contribution < -0.4 is 10.6 Å². The minimum Gasteiger partial charge on any atom is -0.331 e. The van der Waals surface area contributed by atoms with Crippen molar-refractivity contribution in [1.29, 1.82) is 0 Å². The van der Waals surface area contributed by atoms with Gasteiger partial charge < -0.3 is 10.2 Å². The van der Waals surface area contributed by atoms with Crippen molar-refractivity contribution in [2.75, 3.05) is 19.4 Å². The van der Waals surface area contributed by atoms with Gasteiger partial charge >= 0.3 is 6.03 Å². The van der Waals surface area contributed by atoms with Crippen LogP contribution in [0.2, 0.25) is 5.02 Å². The lowest BCUT2D eigenvalue weighted by atomic mass is 9.98. The van der Waals surface area contributed by atoms with Gasteiger partial charge in [0.05, 0.1) is 0 Å². The second kappa shape index (κ2) is 8.95. The molecule has 0 saturated carbocycles. The Morgan fingerprint density at radius 3 is 2.46 bits per heavy atom. The Labute approximate surface area is 161 Å². The fourth-order valence-corrected chi connectivity index (χ4v) is 3.01. The van der Waals surface area contributed by atoms with Crippen LogP contribution in [0, 0.1) is 5.92 Å². The smallest absolute Gasteiger partial charge is 0.317 e. The molecular weight excluding hydrogens is 374 g/mol. The number of nitrogens with zero attached hydrogens (tertiary/aromatic N) is 3. The lowest BCUT2D eigenvalue weighted by Gasteiger charge is -2.24. The van der Waals surface area contributed by atoms with Crippen LogP contribution in [0.25, 0.3) is 10.6 Å². The second-order valence-electron chi connectivity index (χ2n) is 6.12. The summed E-state index contributed by atoms with van der Waals surface area (Å²) in [6.07, 6.45) is 0.748. The molecule has 0 bridgehead atoms. The standard InChI is InChI=1S/C17H22ClN5O2S/c1-5-10(2)13(19-17(25)23(3)4)14(24)20-16-22-21-15(26-16)11-6-8-12(18)9-7-11/h6-10,13H,5H2,1-4H3,(H,19,25)(H,20,22,24). The van der Waals surface area contributed by atoms with Gasteiger partial charge in [0, 0.05) is 24.7 Å². The lowest BCUT2D eigenvalue weighted by Crippen LogP contribution is -2.50. The van der Waals surface area contributed by atoms with Gasteiger partial charge in [-0.05, 0) is 18.1 Å². The molecule has 2 unspecified atom stereocenters. The van der Waals surface area contributed by atoms with Crippen LogP contribution in [0.4, 0.5) is 9.93 Å². The SMILES string of the molecule is CCC(C)C(NC(=O)N(C)C)C(=O)Nc1nnc(-c2ccc(Cl)cc2)s1. The van der Waals surface area contributed by atoms with Gasteiger partial charge in [-0.1, -0.05) is 55.3 Å². The van der Waals surface area contributed by atoms with Crippen molar-refractivity contribution in [3.8, 4) is 10.6 Å². The molecule has 0 aliphatic rings. The van der Waals surface area contributed by atoms with Crippen LogP contribution in [-0.4, -0.2) is 47.2 Å². The number of amides is 3. The summed E-state index contributed by atoms with van der Waals surface area (Å²) in [7, 11) is 3.26. The normalized spacial score (nSPS) is 13.0. The second-order valence-corrected chi connectivity index (χ2v) is 7.53. The third-order valence-corrected chi connectivity index (χ3v) is 5.07. The van der Waals surface area contributed by atoms with Crippen LogP contribution in [0.5, 0.6) is 0 Å². The van der Waals surface area contributed by atoms with Gasteiger partial charge in [-0.25, -0.2) is 4.79 Å². The summed E-state index contributed by atoms with van der Waals surface area (Å²) in [5.41, 5.74) is 0.867. The van der Waals surface area contributed by atoms with Crippen molar-refractivity contribution in [2.24, 2.45) is 5.92 Å². The Morgan fingerprint density at radius 2 is 1.88 bits per heavy atom. The maximum Gasteiger partial charge on any atom is 0.317 e. The quantitative estimate of drug-likeness (QED) is 0.783. The highest BCUT2D eigenvalue weighted by atomic mass is 35.5. The van der Waals surface area contributed by atoms with Crippen molar-refractivity contribution >= 4 is 40.0 Å². The molecule has 2 N–H and O–H groups in total. The van der Waals surface area contributed by atoms with E-state index in [1.807, 2.05) is 26.0 Å². The first-order chi connectivity index (χ1) is 12.3. The highest BCUT2D eigenvalue weighted by Crippen LogP contribution is 2.27. The molecule has 1 heterocycles. The van der Waals surface area contributed by atoms with Crippen LogP contribution in [0.1, 0.15) is 20.3 Å². The van der Waals surface area contributed by atoms with Crippen molar-refractivity contribution in [3.05, 3.63) is 29.3 Å². The first kappa shape index (κ1) is 20.1. The number of rotatable bonds is 6. The molecule has 2 aromatic rings. The van der Waals surface area contributed by atoms with E-state index in [0.717, 1.165) is 12.0 Å². The van der Waals surface area contributed by atoms with Crippen molar-refractivity contribution in [3.63, 3.8) is 0 Å². The van der Waals surface area contributed by atoms with Gasteiger partial charge in [0.1, 0.15) is 11.0 Å². The molecule has 1 aromatic carbocycles. The molecule has 2 atom stereocenters. The van der Waals surface area contributed by atoms with Crippen molar-refractivity contribution in [2.45, 2.75) is 26.3 Å². The average Bonchev–Trinajstić information content (AvgIpc) is 3.07. The molecule has 3 amide bonds. The van der Waals surface area contributed by atoms with E-state index < -0.39 is 6.04 Å². The Bertz CT molecular complexity index is 763. The van der Waals surface area contributed by atoms with Crippen LogP contribution in [-0.2, 0) is 4.79 Å². The van der Waals surface area contributed by atoms with Gasteiger partial charge in [-0.15, -0.1) is 10.2 Å². The zero-order valence-electron chi connectivity index (χ0n) is 15.1. The molecule has 0 spiro atoms. The first-order valence-electron chi connectivity index (χ1n) is 8.20. The largest absolute Gasteiger partial charge is 0.331 e. The molecule has 0 radical (unpaired) electrons. The summed E-state index contributed by atoms with van der Waals surface area (Å²) in [6.45, 7) is 3.88. The van der Waals surface area contributed by atoms with Crippen LogP contribution in [0.15, 0.2) is 24.3 Å². The maximum atomic E-state index is 12.6. The lowest BCUT2D eigenvalue weighted by molar-refractivity contribution is -0.119. The van der Waals surface area contributed by atoms with E-state index in [9.17, 15) is 9.59 Å². The summed E-state index contributed by atoms with van der Waals surface area (Å²) in [5, 5.41) is 15.3. The zero-order chi connectivity index (χ0) is 19.3. The summed E-state index contributed by atoms with van der Waals surface area (Å²) < 4.78 is 0. The fourth-order valence-electron chi connectivity index (χ4n) is 2.13. The number of halogens is 1. The summed E-state index contributed by atoms with van der Waals surface area (Å²) in [6, 6.07) is 6.25. The Hall–Kier alpha value is -2.19. The van der Waals surface area contributed by atoms with Crippen molar-refractivity contribution in [1.82, 2.24) is 20.4 Å². The van der Waals surface area contributed by atoms with Gasteiger partial charge in [0.25, 0.3) is 0 Å². The summed E-state index contributed by atoms with van der Waals surface area (Å²) in [5.74, 6) is -0.337. The Balaban J connectivity index is 2.11. The summed E-state index contributed by atoms with van der Waals surface area (Å²) in [4.78, 5) is 26.0. The Morgan fingerprint density at radius 1 is 1.23 bits per heavy atom. The van der Waals surface area contributed by atoms with Crippen molar-refractivity contribution < 1.29 is 9.59 Å². The third kappa shape index (κ3) is 5.15. The maximum absolute atomic E-state index is 12.6. The number of urea groups is 1. The number of carbonyl (C=O) groups excluding carboxylic acids is 2. The van der Waals surface area contributed by atoms with Crippen LogP contribution >= 0.6 is 22.9 Å². The van der Waals surface area contributed by atoms with Gasteiger partial charge in [0.2, 0.25) is 11.0 Å². The number of hydrogen-bond acceptors (Lipinski definition) is 5. The minimum atomic E-state index is -0.655. The fraction of sp³-hybridized carbons (Fsp3) is 0.412. The van der Waals surface area contributed by atoms with E-state index in [2.05, 4.69) is 20.8 Å². The Kier molecular flexibility index (Phi) is 6.93. The molecule has 0 aliphatic carbocycles. The highest BCUT2D eigenvalue weighted by molar-refractivity contribution is 7.18. The monoisotopic (exact) mass is 395 g/mol. The molecule has 26 heavy (non-hydrogen) atoms. The molecule has 0 saturated heterocycles. The number of hydrogen-bond donors (Lipinski definition) is 2. The van der Waals surface area contributed by atoms with E-state index >= 15 is 0 Å². The molecule has 7 nitrogen and oxygen atoms in total. The van der Waals surface area contributed by atoms with E-state index in [0.29, 0.717) is 15.2 Å². The molecule has 140 valence electrons. The molecule has 2 rings (SSSR count). The van der Waals surface area contributed by atoms with E-state index in [4.69, 9.17) is 11.6 Å². The number of anilines is 1. The number of carbonyl (C=O) groups is 2. The topological polar surface area (TPSA) is 87.2 Å². The van der Waals surface area contributed by atoms with E-state index in [1.54, 1.807) is 26.2 Å². The minimum absolute atomic E-state index is 0.0254. The van der Waals surface area contributed by atoms with Gasteiger partial charge in [-0.3, -0.25) is 10.1 Å². The summed E-state index contributed by atoms with van der Waals surface area (Å²) >= 11 is 7.15. The first-order valence-corrected chi connectivity index (χ1v) is 9.39. The van der Waals surface area contributed by atoms with E-state index in [1.165, 1.54) is 16.2 Å². The number of nitrogens with one attached hydrogen (secondary N) is 2. The predicted molar refractivity (Wildman–Crippen MR) is 104 cm³/mol. The third-order valence-electron chi connectivity index (χ3n) is 3.93. The van der Waals surface area contributed by atoms with Crippen LogP contribution in [0.3, 0.4) is 0 Å². The molecule has 0 aliphatic heterocycles. The predicted octanol–water partition coefficient (Wildman–Crippen LogP) is 3.48. The van der Waals surface area contributed by atoms with Gasteiger partial charge in [-0.2, -0.15) is 0 Å². The molecule has 0 fully saturated rings. The molecule has 1 aromatic heterocycles. The van der Waals surface area contributed by atoms with E-state index in [-0.39, 0.29) is 17.9 Å². The average molecular weight is 396 g/mol. The highest BCUT2D eigenvalue weighted by Gasteiger charge is 2.27. The zero-order valence-corrected chi connectivity index (χ0v) is 16.7. The number of aromatic nitrogens is 2. The number of benzene rings is 1.